The Morgan fingerprint density at radius 3 is 2.60 bits per heavy atom. The zero-order chi connectivity index (χ0) is 11.4. The van der Waals surface area contributed by atoms with Gasteiger partial charge >= 0.3 is 6.03 Å². The standard InChI is InChI=1S/C11H20N2O2/c1-9(2)13-7-4-6-12(11(13)15)8-5-10(3)14/h9H,4-8H2,1-3H3. The van der Waals surface area contributed by atoms with Gasteiger partial charge in [0.1, 0.15) is 5.78 Å². The first-order valence-electron chi connectivity index (χ1n) is 5.57. The van der Waals surface area contributed by atoms with Crippen LogP contribution in [0.1, 0.15) is 33.6 Å². The highest BCUT2D eigenvalue weighted by Crippen LogP contribution is 2.12. The first kappa shape index (κ1) is 12.0. The Morgan fingerprint density at radius 1 is 1.40 bits per heavy atom. The van der Waals surface area contributed by atoms with Crippen LogP contribution in [0.25, 0.3) is 0 Å². The molecule has 0 N–H and O–H groups in total. The van der Waals surface area contributed by atoms with Crippen LogP contribution in [0.5, 0.6) is 0 Å². The van der Waals surface area contributed by atoms with Crippen molar-refractivity contribution in [2.24, 2.45) is 0 Å². The lowest BCUT2D eigenvalue weighted by molar-refractivity contribution is -0.117. The van der Waals surface area contributed by atoms with E-state index in [4.69, 9.17) is 0 Å². The summed E-state index contributed by atoms with van der Waals surface area (Å²) in [7, 11) is 0. The second-order valence-electron chi connectivity index (χ2n) is 4.36. The summed E-state index contributed by atoms with van der Waals surface area (Å²) in [6, 6.07) is 0.329. The lowest BCUT2D eigenvalue weighted by atomic mass is 10.2. The highest BCUT2D eigenvalue weighted by Gasteiger charge is 2.26. The van der Waals surface area contributed by atoms with Gasteiger partial charge in [0.25, 0.3) is 0 Å². The van der Waals surface area contributed by atoms with Gasteiger partial charge in [-0.15, -0.1) is 0 Å². The number of carbonyl (C=O) groups excluding carboxylic acids is 2. The van der Waals surface area contributed by atoms with Crippen molar-refractivity contribution in [3.05, 3.63) is 0 Å². The van der Waals surface area contributed by atoms with E-state index in [-0.39, 0.29) is 17.9 Å². The van der Waals surface area contributed by atoms with Crippen molar-refractivity contribution < 1.29 is 9.59 Å². The third kappa shape index (κ3) is 3.22. The number of urea groups is 1. The van der Waals surface area contributed by atoms with Crippen molar-refractivity contribution in [2.75, 3.05) is 19.6 Å². The Hall–Kier alpha value is -1.06. The predicted octanol–water partition coefficient (Wildman–Crippen LogP) is 1.50. The number of carbonyl (C=O) groups is 2. The molecule has 86 valence electrons. The van der Waals surface area contributed by atoms with Crippen LogP contribution in [-0.2, 0) is 4.79 Å². The minimum absolute atomic E-state index is 0.0810. The summed E-state index contributed by atoms with van der Waals surface area (Å²) in [6.45, 7) is 7.80. The van der Waals surface area contributed by atoms with Crippen LogP contribution in [0.15, 0.2) is 0 Å². The van der Waals surface area contributed by atoms with E-state index in [1.165, 1.54) is 0 Å². The molecule has 1 saturated heterocycles. The largest absolute Gasteiger partial charge is 0.324 e. The summed E-state index contributed by atoms with van der Waals surface area (Å²) >= 11 is 0. The molecule has 0 aromatic carbocycles. The van der Waals surface area contributed by atoms with Crippen LogP contribution < -0.4 is 0 Å². The summed E-state index contributed by atoms with van der Waals surface area (Å²) in [5.41, 5.74) is 0. The van der Waals surface area contributed by atoms with E-state index in [0.717, 1.165) is 19.5 Å². The van der Waals surface area contributed by atoms with Crippen molar-refractivity contribution in [2.45, 2.75) is 39.7 Å². The molecule has 1 aliphatic rings. The van der Waals surface area contributed by atoms with Crippen molar-refractivity contribution >= 4 is 11.8 Å². The SMILES string of the molecule is CC(=O)CCN1CCCN(C(C)C)C1=O. The molecule has 0 aromatic heterocycles. The van der Waals surface area contributed by atoms with Gasteiger partial charge in [-0.1, -0.05) is 0 Å². The van der Waals surface area contributed by atoms with Gasteiger partial charge < -0.3 is 9.80 Å². The van der Waals surface area contributed by atoms with Crippen molar-refractivity contribution in [3.8, 4) is 0 Å². The summed E-state index contributed by atoms with van der Waals surface area (Å²) in [5.74, 6) is 0.143. The molecule has 0 bridgehead atoms. The fourth-order valence-corrected chi connectivity index (χ4v) is 1.78. The Kier molecular flexibility index (Phi) is 4.12. The number of rotatable bonds is 4. The Bertz CT molecular complexity index is 251. The maximum atomic E-state index is 11.9. The highest BCUT2D eigenvalue weighted by molar-refractivity contribution is 5.78. The first-order valence-corrected chi connectivity index (χ1v) is 5.57. The van der Waals surface area contributed by atoms with Crippen molar-refractivity contribution in [1.29, 1.82) is 0 Å². The number of hydrogen-bond acceptors (Lipinski definition) is 2. The summed E-state index contributed by atoms with van der Waals surface area (Å²) in [4.78, 5) is 26.4. The van der Waals surface area contributed by atoms with E-state index in [2.05, 4.69) is 0 Å². The third-order valence-corrected chi connectivity index (χ3v) is 2.70. The number of hydrogen-bond donors (Lipinski definition) is 0. The summed E-state index contributed by atoms with van der Waals surface area (Å²) in [5, 5.41) is 0. The van der Waals surface area contributed by atoms with E-state index >= 15 is 0 Å². The fraction of sp³-hybridized carbons (Fsp3) is 0.818. The van der Waals surface area contributed by atoms with Crippen LogP contribution in [-0.4, -0.2) is 47.3 Å². The van der Waals surface area contributed by atoms with Crippen LogP contribution in [0.2, 0.25) is 0 Å². The van der Waals surface area contributed by atoms with Crippen LogP contribution in [0.3, 0.4) is 0 Å². The monoisotopic (exact) mass is 212 g/mol. The maximum absolute atomic E-state index is 11.9. The maximum Gasteiger partial charge on any atom is 0.320 e. The highest BCUT2D eigenvalue weighted by atomic mass is 16.2. The van der Waals surface area contributed by atoms with Gasteiger partial charge in [-0.2, -0.15) is 0 Å². The zero-order valence-electron chi connectivity index (χ0n) is 9.82. The molecule has 4 nitrogen and oxygen atoms in total. The van der Waals surface area contributed by atoms with Gasteiger partial charge in [0.15, 0.2) is 0 Å². The summed E-state index contributed by atoms with van der Waals surface area (Å²) in [6.07, 6.45) is 1.47. The van der Waals surface area contributed by atoms with Gasteiger partial charge in [-0.05, 0) is 27.2 Å². The van der Waals surface area contributed by atoms with Gasteiger partial charge in [-0.3, -0.25) is 4.79 Å². The van der Waals surface area contributed by atoms with Gasteiger partial charge in [0, 0.05) is 32.1 Å². The third-order valence-electron chi connectivity index (χ3n) is 2.70. The average Bonchev–Trinajstić information content (AvgIpc) is 2.15. The molecule has 1 rings (SSSR count). The zero-order valence-corrected chi connectivity index (χ0v) is 9.82. The van der Waals surface area contributed by atoms with E-state index in [1.807, 2.05) is 18.7 Å². The molecule has 2 amide bonds. The molecule has 0 aromatic rings. The Balaban J connectivity index is 2.51. The van der Waals surface area contributed by atoms with Crippen molar-refractivity contribution in [1.82, 2.24) is 9.80 Å². The minimum Gasteiger partial charge on any atom is -0.324 e. The van der Waals surface area contributed by atoms with E-state index in [9.17, 15) is 9.59 Å². The first-order chi connectivity index (χ1) is 7.02. The van der Waals surface area contributed by atoms with Crippen LogP contribution in [0.4, 0.5) is 4.79 Å². The summed E-state index contributed by atoms with van der Waals surface area (Å²) < 4.78 is 0. The fourth-order valence-electron chi connectivity index (χ4n) is 1.78. The quantitative estimate of drug-likeness (QED) is 0.708. The van der Waals surface area contributed by atoms with Gasteiger partial charge in [0.05, 0.1) is 0 Å². The molecule has 1 aliphatic heterocycles. The molecule has 15 heavy (non-hydrogen) atoms. The lowest BCUT2D eigenvalue weighted by Gasteiger charge is -2.37. The smallest absolute Gasteiger partial charge is 0.320 e. The van der Waals surface area contributed by atoms with E-state index in [1.54, 1.807) is 11.8 Å². The molecule has 4 heteroatoms. The van der Waals surface area contributed by atoms with Crippen molar-refractivity contribution in [3.63, 3.8) is 0 Å². The van der Waals surface area contributed by atoms with Gasteiger partial charge in [-0.25, -0.2) is 4.79 Å². The normalized spacial score (nSPS) is 17.5. The molecule has 0 spiro atoms. The predicted molar refractivity (Wildman–Crippen MR) is 58.7 cm³/mol. The number of nitrogens with zero attached hydrogens (tertiary/aromatic N) is 2. The average molecular weight is 212 g/mol. The molecule has 1 fully saturated rings. The molecule has 0 radical (unpaired) electrons. The minimum atomic E-state index is 0.0810. The Labute approximate surface area is 91.2 Å². The molecular formula is C11H20N2O2. The molecule has 0 aliphatic carbocycles. The second kappa shape index (κ2) is 5.14. The molecule has 1 heterocycles. The number of amides is 2. The lowest BCUT2D eigenvalue weighted by Crippen LogP contribution is -2.52. The van der Waals surface area contributed by atoms with E-state index < -0.39 is 0 Å². The van der Waals surface area contributed by atoms with Crippen LogP contribution >= 0.6 is 0 Å². The second-order valence-corrected chi connectivity index (χ2v) is 4.36. The van der Waals surface area contributed by atoms with Gasteiger partial charge in [0.2, 0.25) is 0 Å². The number of Topliss-reactive ketones (excluding diaryl/α,β-unsaturated/α-hetero) is 1. The molecule has 0 unspecified atom stereocenters. The van der Waals surface area contributed by atoms with E-state index in [0.29, 0.717) is 13.0 Å². The van der Waals surface area contributed by atoms with Crippen LogP contribution in [0, 0.1) is 0 Å². The molecular weight excluding hydrogens is 192 g/mol. The topological polar surface area (TPSA) is 40.6 Å². The molecule has 0 saturated carbocycles. The number of ketones is 1. The molecule has 0 atom stereocenters. The Morgan fingerprint density at radius 2 is 2.07 bits per heavy atom.